The number of cyclic esters (lactones) is 1. The van der Waals surface area contributed by atoms with E-state index in [1.165, 1.54) is 4.90 Å². The van der Waals surface area contributed by atoms with Gasteiger partial charge >= 0.3 is 5.97 Å². The molecule has 1 aromatic carbocycles. The number of likely N-dealkylation sites (tertiary alicyclic amines) is 1. The minimum Gasteiger partial charge on any atom is -0.460 e. The maximum Gasteiger partial charge on any atom is 0.313 e. The van der Waals surface area contributed by atoms with E-state index < -0.39 is 47.6 Å². The van der Waals surface area contributed by atoms with Crippen LogP contribution in [0.3, 0.4) is 0 Å². The number of hydrogen-bond donors (Lipinski definition) is 2. The Labute approximate surface area is 227 Å². The first-order chi connectivity index (χ1) is 18.7. The SMILES string of the molecule is Cc1ccc(C)c(N2CC=C[C@]34O[C@@H]5/C=C\CCC(=O)NC[C@@H](C)OC(=O)[C@@H]5[C@H]3C(=O)N(CCO)[C@@H]4C2=O)c1. The molecule has 0 unspecified atom stereocenters. The Morgan fingerprint density at radius 1 is 1.13 bits per heavy atom. The van der Waals surface area contributed by atoms with Crippen LogP contribution >= 0.6 is 0 Å². The second-order valence-corrected chi connectivity index (χ2v) is 10.8. The maximum absolute atomic E-state index is 14.3. The summed E-state index contributed by atoms with van der Waals surface area (Å²) in [6, 6.07) is 4.78. The summed E-state index contributed by atoms with van der Waals surface area (Å²) >= 11 is 0. The van der Waals surface area contributed by atoms with Gasteiger partial charge in [0.05, 0.1) is 25.2 Å². The van der Waals surface area contributed by atoms with Gasteiger partial charge < -0.3 is 29.7 Å². The third kappa shape index (κ3) is 4.65. The highest BCUT2D eigenvalue weighted by Crippen LogP contribution is 2.53. The molecule has 0 bridgehead atoms. The molecule has 2 N–H and O–H groups in total. The van der Waals surface area contributed by atoms with Crippen LogP contribution in [0.1, 0.15) is 30.9 Å². The Morgan fingerprint density at radius 2 is 1.92 bits per heavy atom. The summed E-state index contributed by atoms with van der Waals surface area (Å²) in [7, 11) is 0. The van der Waals surface area contributed by atoms with Gasteiger partial charge in [0, 0.05) is 25.2 Å². The van der Waals surface area contributed by atoms with Crippen LogP contribution in [0.5, 0.6) is 0 Å². The lowest BCUT2D eigenvalue weighted by molar-refractivity contribution is -0.158. The molecule has 2 saturated heterocycles. The van der Waals surface area contributed by atoms with E-state index in [2.05, 4.69) is 5.32 Å². The van der Waals surface area contributed by atoms with Crippen molar-refractivity contribution in [1.29, 1.82) is 0 Å². The highest BCUT2D eigenvalue weighted by atomic mass is 16.6. The third-order valence-corrected chi connectivity index (χ3v) is 8.03. The minimum atomic E-state index is -1.42. The molecule has 0 radical (unpaired) electrons. The number of aliphatic hydroxyl groups is 1. The zero-order valence-corrected chi connectivity index (χ0v) is 22.5. The first kappa shape index (κ1) is 27.1. The Morgan fingerprint density at radius 3 is 2.69 bits per heavy atom. The van der Waals surface area contributed by atoms with E-state index in [9.17, 15) is 24.3 Å². The number of rotatable bonds is 3. The molecule has 1 spiro atoms. The van der Waals surface area contributed by atoms with E-state index in [0.29, 0.717) is 6.42 Å². The molecular weight excluding hydrogens is 502 g/mol. The lowest BCUT2D eigenvalue weighted by atomic mass is 9.78. The summed E-state index contributed by atoms with van der Waals surface area (Å²) in [4.78, 5) is 57.0. The molecule has 4 aliphatic heterocycles. The van der Waals surface area contributed by atoms with E-state index >= 15 is 0 Å². The molecule has 10 nitrogen and oxygen atoms in total. The van der Waals surface area contributed by atoms with Crippen molar-refractivity contribution in [1.82, 2.24) is 10.2 Å². The van der Waals surface area contributed by atoms with E-state index in [4.69, 9.17) is 9.47 Å². The number of carbonyl (C=O) groups excluding carboxylic acids is 4. The average Bonchev–Trinajstić information content (AvgIpc) is 3.27. The monoisotopic (exact) mass is 537 g/mol. The van der Waals surface area contributed by atoms with Crippen LogP contribution in [0.25, 0.3) is 0 Å². The number of nitrogens with zero attached hydrogens (tertiary/aromatic N) is 2. The van der Waals surface area contributed by atoms with E-state index in [1.807, 2.05) is 38.1 Å². The normalized spacial score (nSPS) is 33.8. The number of amides is 3. The van der Waals surface area contributed by atoms with Gasteiger partial charge in [-0.25, -0.2) is 0 Å². The number of aliphatic hydroxyl groups excluding tert-OH is 1. The first-order valence-corrected chi connectivity index (χ1v) is 13.5. The number of ether oxygens (including phenoxy) is 2. The number of allylic oxidation sites excluding steroid dienone is 1. The fourth-order valence-corrected chi connectivity index (χ4v) is 6.24. The molecule has 5 rings (SSSR count). The molecule has 10 heteroatoms. The van der Waals surface area contributed by atoms with Crippen molar-refractivity contribution in [2.24, 2.45) is 11.8 Å². The quantitative estimate of drug-likeness (QED) is 0.438. The molecule has 4 heterocycles. The molecule has 3 amide bonds. The van der Waals surface area contributed by atoms with Gasteiger partial charge in [-0.15, -0.1) is 0 Å². The van der Waals surface area contributed by atoms with Crippen molar-refractivity contribution < 1.29 is 33.8 Å². The predicted molar refractivity (Wildman–Crippen MR) is 142 cm³/mol. The molecule has 208 valence electrons. The predicted octanol–water partition coefficient (Wildman–Crippen LogP) is 1.18. The van der Waals surface area contributed by atoms with Crippen LogP contribution in [0.2, 0.25) is 0 Å². The Balaban J connectivity index is 1.59. The van der Waals surface area contributed by atoms with Crippen LogP contribution in [0.4, 0.5) is 5.69 Å². The highest BCUT2D eigenvalue weighted by molar-refractivity contribution is 6.06. The molecule has 4 aliphatic rings. The molecule has 2 fully saturated rings. The van der Waals surface area contributed by atoms with Crippen LogP contribution in [-0.4, -0.2) is 83.8 Å². The number of nitrogens with one attached hydrogen (secondary N) is 1. The summed E-state index contributed by atoms with van der Waals surface area (Å²) in [5, 5.41) is 12.6. The Bertz CT molecular complexity index is 1240. The van der Waals surface area contributed by atoms with Crippen molar-refractivity contribution >= 4 is 29.4 Å². The van der Waals surface area contributed by atoms with Gasteiger partial charge in [0.1, 0.15) is 23.7 Å². The van der Waals surface area contributed by atoms with E-state index in [1.54, 1.807) is 30.1 Å². The van der Waals surface area contributed by atoms with E-state index in [0.717, 1.165) is 16.8 Å². The second-order valence-electron chi connectivity index (χ2n) is 10.8. The Kier molecular flexibility index (Phi) is 7.35. The number of fused-ring (bicyclic) bond motifs is 2. The zero-order valence-electron chi connectivity index (χ0n) is 22.5. The second kappa shape index (κ2) is 10.6. The largest absolute Gasteiger partial charge is 0.460 e. The molecule has 6 atom stereocenters. The fourth-order valence-electron chi connectivity index (χ4n) is 6.24. The number of anilines is 1. The van der Waals surface area contributed by atoms with E-state index in [-0.39, 0.29) is 44.5 Å². The van der Waals surface area contributed by atoms with Crippen LogP contribution in [0.15, 0.2) is 42.5 Å². The van der Waals surface area contributed by atoms with Gasteiger partial charge in [-0.1, -0.05) is 36.4 Å². The standard InChI is InChI=1S/C29H35N3O7/c1-17-9-10-18(2)20(15-17)31-12-6-11-29-24(26(35)32(13-14-33)25(29)27(31)36)23-21(39-29)7-4-5-8-22(34)30-16-19(3)38-28(23)37/h4,6-7,9-11,15,19,21,23-25,33H,5,8,12-14,16H2,1-3H3,(H,30,34)/b7-4-/t19-,21-,23+,24+,25-,29+/m1/s1. The van der Waals surface area contributed by atoms with Crippen molar-refractivity contribution in [2.45, 2.75) is 57.5 Å². The Hall–Kier alpha value is -3.50. The summed E-state index contributed by atoms with van der Waals surface area (Å²) in [5.41, 5.74) is 1.21. The smallest absolute Gasteiger partial charge is 0.313 e. The van der Waals surface area contributed by atoms with Crippen LogP contribution in [-0.2, 0) is 28.7 Å². The van der Waals surface area contributed by atoms with Gasteiger partial charge in [0.15, 0.2) is 0 Å². The van der Waals surface area contributed by atoms with Crippen molar-refractivity contribution in [3.8, 4) is 0 Å². The van der Waals surface area contributed by atoms with Gasteiger partial charge in [-0.3, -0.25) is 19.2 Å². The molecule has 1 aromatic rings. The van der Waals surface area contributed by atoms with Crippen molar-refractivity contribution in [2.75, 3.05) is 31.1 Å². The minimum absolute atomic E-state index is 0.0734. The average molecular weight is 538 g/mol. The number of aryl methyl sites for hydroxylation is 2. The van der Waals surface area contributed by atoms with Crippen molar-refractivity contribution in [3.63, 3.8) is 0 Å². The summed E-state index contributed by atoms with van der Waals surface area (Å²) in [6.45, 7) is 5.54. The summed E-state index contributed by atoms with van der Waals surface area (Å²) < 4.78 is 12.3. The van der Waals surface area contributed by atoms with Gasteiger partial charge in [0.25, 0.3) is 5.91 Å². The number of carbonyl (C=O) groups is 4. The molecule has 0 saturated carbocycles. The highest BCUT2D eigenvalue weighted by Gasteiger charge is 2.71. The molecule has 39 heavy (non-hydrogen) atoms. The van der Waals surface area contributed by atoms with Crippen LogP contribution in [0, 0.1) is 25.7 Å². The molecule has 0 aromatic heterocycles. The number of benzene rings is 1. The zero-order chi connectivity index (χ0) is 27.9. The molecule has 0 aliphatic carbocycles. The number of hydrogen-bond acceptors (Lipinski definition) is 7. The number of esters is 1. The van der Waals surface area contributed by atoms with Gasteiger partial charge in [-0.05, 0) is 44.4 Å². The fraction of sp³-hybridized carbons (Fsp3) is 0.517. The first-order valence-electron chi connectivity index (χ1n) is 13.5. The molecular formula is C29H35N3O7. The van der Waals surface area contributed by atoms with Crippen LogP contribution < -0.4 is 10.2 Å². The summed E-state index contributed by atoms with van der Waals surface area (Å²) in [5.74, 6) is -3.55. The van der Waals surface area contributed by atoms with Gasteiger partial charge in [0.2, 0.25) is 11.8 Å². The van der Waals surface area contributed by atoms with Crippen molar-refractivity contribution in [3.05, 3.63) is 53.6 Å². The van der Waals surface area contributed by atoms with Gasteiger partial charge in [-0.2, -0.15) is 0 Å². The maximum atomic E-state index is 14.3. The number of β-amino-alcohol motifs (C(OH)–C–C–N with tert-alkyl or cyclic N) is 1. The lowest BCUT2D eigenvalue weighted by Gasteiger charge is -2.35. The summed E-state index contributed by atoms with van der Waals surface area (Å²) in [6.07, 6.45) is 6.28. The lowest BCUT2D eigenvalue weighted by Crippen LogP contribution is -2.55. The third-order valence-electron chi connectivity index (χ3n) is 8.03. The topological polar surface area (TPSA) is 125 Å².